The average Bonchev–Trinajstić information content (AvgIpc) is 3.54. The third kappa shape index (κ3) is 4.90. The Morgan fingerprint density at radius 3 is 2.50 bits per heavy atom. The van der Waals surface area contributed by atoms with Crippen LogP contribution in [0.1, 0.15) is 61.4 Å². The highest BCUT2D eigenvalue weighted by Crippen LogP contribution is 2.36. The molecule has 0 unspecified atom stereocenters. The molecule has 0 radical (unpaired) electrons. The van der Waals surface area contributed by atoms with Crippen LogP contribution in [0.15, 0.2) is 30.7 Å². The summed E-state index contributed by atoms with van der Waals surface area (Å²) < 4.78 is 6.13. The number of aromatic amines is 1. The van der Waals surface area contributed by atoms with Gasteiger partial charge in [0.1, 0.15) is 23.3 Å². The summed E-state index contributed by atoms with van der Waals surface area (Å²) in [6.07, 6.45) is 9.07. The summed E-state index contributed by atoms with van der Waals surface area (Å²) in [5.41, 5.74) is 4.58. The van der Waals surface area contributed by atoms with Gasteiger partial charge in [-0.3, -0.25) is 9.59 Å². The fourth-order valence-corrected chi connectivity index (χ4v) is 4.70. The number of benzene rings is 1. The predicted octanol–water partition coefficient (Wildman–Crippen LogP) is 3.90. The van der Waals surface area contributed by atoms with Crippen molar-refractivity contribution in [1.29, 1.82) is 0 Å². The van der Waals surface area contributed by atoms with Crippen LogP contribution >= 0.6 is 0 Å². The van der Waals surface area contributed by atoms with Crippen LogP contribution in [0.25, 0.3) is 22.3 Å². The summed E-state index contributed by atoms with van der Waals surface area (Å²) >= 11 is 0. The fourth-order valence-electron chi connectivity index (χ4n) is 4.70. The van der Waals surface area contributed by atoms with E-state index in [1.165, 1.54) is 19.2 Å². The lowest BCUT2D eigenvalue weighted by Crippen LogP contribution is -2.43. The Morgan fingerprint density at radius 2 is 1.79 bits per heavy atom. The third-order valence-corrected chi connectivity index (χ3v) is 6.74. The Hall–Kier alpha value is -3.42. The number of nitrogens with zero attached hydrogens (tertiary/aromatic N) is 2. The lowest BCUT2D eigenvalue weighted by Gasteiger charge is -2.29. The number of carbonyl (C=O) groups excluding carboxylic acids is 2. The van der Waals surface area contributed by atoms with E-state index in [-0.39, 0.29) is 23.9 Å². The maximum absolute atomic E-state index is 13.1. The van der Waals surface area contributed by atoms with Crippen molar-refractivity contribution < 1.29 is 14.3 Å². The topological polar surface area (TPSA) is 109 Å². The average molecular weight is 462 g/mol. The molecule has 2 aliphatic rings. The fraction of sp³-hybridized carbons (Fsp3) is 0.462. The maximum Gasteiger partial charge on any atom is 0.255 e. The normalized spacial score (nSPS) is 20.2. The molecule has 0 bridgehead atoms. The van der Waals surface area contributed by atoms with Crippen LogP contribution in [0.3, 0.4) is 0 Å². The summed E-state index contributed by atoms with van der Waals surface area (Å²) in [4.78, 5) is 36.6. The van der Waals surface area contributed by atoms with E-state index in [1.54, 1.807) is 13.1 Å². The molecule has 2 saturated carbocycles. The monoisotopic (exact) mass is 461 g/mol. The zero-order valence-electron chi connectivity index (χ0n) is 19.7. The molecule has 8 nitrogen and oxygen atoms in total. The van der Waals surface area contributed by atoms with Crippen LogP contribution in [0.4, 0.5) is 0 Å². The van der Waals surface area contributed by atoms with Crippen molar-refractivity contribution in [2.75, 3.05) is 6.61 Å². The van der Waals surface area contributed by atoms with Crippen molar-refractivity contribution in [2.45, 2.75) is 64.5 Å². The zero-order chi connectivity index (χ0) is 23.7. The number of hydrogen-bond acceptors (Lipinski definition) is 5. The van der Waals surface area contributed by atoms with E-state index in [4.69, 9.17) is 4.74 Å². The number of hydrogen-bond donors (Lipinski definition) is 3. The van der Waals surface area contributed by atoms with Gasteiger partial charge in [-0.15, -0.1) is 0 Å². The molecule has 2 fully saturated rings. The number of aryl methyl sites for hydroxylation is 1. The van der Waals surface area contributed by atoms with Crippen molar-refractivity contribution in [3.63, 3.8) is 0 Å². The number of rotatable bonds is 7. The summed E-state index contributed by atoms with van der Waals surface area (Å²) in [5, 5.41) is 6.12. The molecule has 34 heavy (non-hydrogen) atoms. The molecule has 0 saturated heterocycles. The molecule has 2 amide bonds. The summed E-state index contributed by atoms with van der Waals surface area (Å²) in [5.74, 6) is 1.30. The molecule has 5 rings (SSSR count). The molecule has 1 aromatic carbocycles. The Labute approximate surface area is 198 Å². The van der Waals surface area contributed by atoms with Crippen LogP contribution in [-0.2, 0) is 4.79 Å². The van der Waals surface area contributed by atoms with E-state index in [2.05, 4.69) is 31.7 Å². The first-order valence-corrected chi connectivity index (χ1v) is 12.1. The van der Waals surface area contributed by atoms with Crippen LogP contribution in [0, 0.1) is 12.8 Å². The van der Waals surface area contributed by atoms with Gasteiger partial charge in [0.2, 0.25) is 5.91 Å². The Bertz CT molecular complexity index is 1210. The van der Waals surface area contributed by atoms with Crippen molar-refractivity contribution >= 4 is 22.8 Å². The highest BCUT2D eigenvalue weighted by molar-refractivity contribution is 6.08. The molecule has 2 heterocycles. The second kappa shape index (κ2) is 9.44. The molecule has 2 aliphatic carbocycles. The van der Waals surface area contributed by atoms with Crippen molar-refractivity contribution in [1.82, 2.24) is 25.6 Å². The van der Waals surface area contributed by atoms with Crippen molar-refractivity contribution in [3.8, 4) is 17.0 Å². The number of fused-ring (bicyclic) bond motifs is 1. The number of nitrogens with one attached hydrogen (secondary N) is 3. The van der Waals surface area contributed by atoms with E-state index in [1.807, 2.05) is 19.1 Å². The second-order valence-corrected chi connectivity index (χ2v) is 9.62. The first kappa shape index (κ1) is 22.4. The van der Waals surface area contributed by atoms with Gasteiger partial charge in [-0.25, -0.2) is 9.97 Å². The molecule has 0 atom stereocenters. The van der Waals surface area contributed by atoms with Gasteiger partial charge in [-0.2, -0.15) is 0 Å². The molecule has 178 valence electrons. The summed E-state index contributed by atoms with van der Waals surface area (Å²) in [6.45, 7) is 4.30. The van der Waals surface area contributed by atoms with Gasteiger partial charge in [0.15, 0.2) is 0 Å². The largest absolute Gasteiger partial charge is 0.493 e. The molecule has 0 aliphatic heterocycles. The number of H-pyrrole nitrogens is 1. The third-order valence-electron chi connectivity index (χ3n) is 6.74. The molecular weight excluding hydrogens is 430 g/mol. The first-order chi connectivity index (χ1) is 16.5. The quantitative estimate of drug-likeness (QED) is 0.494. The van der Waals surface area contributed by atoms with Gasteiger partial charge in [-0.05, 0) is 63.5 Å². The minimum absolute atomic E-state index is 0.00327. The Balaban J connectivity index is 1.35. The van der Waals surface area contributed by atoms with E-state index < -0.39 is 0 Å². The van der Waals surface area contributed by atoms with Crippen LogP contribution in [0.5, 0.6) is 5.75 Å². The predicted molar refractivity (Wildman–Crippen MR) is 130 cm³/mol. The standard InChI is InChI=1S/C26H31N5O3/c1-15-3-10-22(34-13-17-4-5-17)20(11-15)23-25-24(29-14-28-23)21(12-27-25)26(33)31-19-8-6-18(7-9-19)30-16(2)32/h3,10-12,14,17-19,27H,4-9,13H2,1-2H3,(H,30,32)(H,31,33). The lowest BCUT2D eigenvalue weighted by molar-refractivity contribution is -0.119. The zero-order valence-corrected chi connectivity index (χ0v) is 19.7. The molecule has 3 aromatic rings. The molecule has 3 N–H and O–H groups in total. The molecular formula is C26H31N5O3. The van der Waals surface area contributed by atoms with E-state index in [0.29, 0.717) is 23.6 Å². The molecule has 8 heteroatoms. The van der Waals surface area contributed by atoms with Crippen LogP contribution < -0.4 is 15.4 Å². The Morgan fingerprint density at radius 1 is 1.06 bits per heavy atom. The summed E-state index contributed by atoms with van der Waals surface area (Å²) in [7, 11) is 0. The van der Waals surface area contributed by atoms with Gasteiger partial charge < -0.3 is 20.4 Å². The second-order valence-electron chi connectivity index (χ2n) is 9.62. The smallest absolute Gasteiger partial charge is 0.255 e. The molecule has 2 aromatic heterocycles. The van der Waals surface area contributed by atoms with Gasteiger partial charge >= 0.3 is 0 Å². The van der Waals surface area contributed by atoms with Crippen LogP contribution in [-0.4, -0.2) is 45.5 Å². The van der Waals surface area contributed by atoms with E-state index >= 15 is 0 Å². The van der Waals surface area contributed by atoms with Gasteiger partial charge in [0.25, 0.3) is 5.91 Å². The summed E-state index contributed by atoms with van der Waals surface area (Å²) in [6, 6.07) is 6.38. The number of aromatic nitrogens is 3. The molecule has 0 spiro atoms. The Kier molecular flexibility index (Phi) is 6.22. The lowest BCUT2D eigenvalue weighted by atomic mass is 9.91. The number of ether oxygens (including phenoxy) is 1. The highest BCUT2D eigenvalue weighted by atomic mass is 16.5. The first-order valence-electron chi connectivity index (χ1n) is 12.1. The SMILES string of the molecule is CC(=O)NC1CCC(NC(=O)c2c[nH]c3c(-c4cc(C)ccc4OCC4CC4)ncnc23)CC1. The minimum Gasteiger partial charge on any atom is -0.493 e. The van der Waals surface area contributed by atoms with E-state index in [9.17, 15) is 9.59 Å². The maximum atomic E-state index is 13.1. The van der Waals surface area contributed by atoms with E-state index in [0.717, 1.165) is 53.8 Å². The van der Waals surface area contributed by atoms with Gasteiger partial charge in [-0.1, -0.05) is 11.6 Å². The highest BCUT2D eigenvalue weighted by Gasteiger charge is 2.26. The van der Waals surface area contributed by atoms with Gasteiger partial charge in [0, 0.05) is 30.8 Å². The number of amides is 2. The van der Waals surface area contributed by atoms with Crippen molar-refractivity contribution in [3.05, 3.63) is 41.9 Å². The van der Waals surface area contributed by atoms with Gasteiger partial charge in [0.05, 0.1) is 17.7 Å². The number of carbonyl (C=O) groups is 2. The minimum atomic E-state index is -0.145. The van der Waals surface area contributed by atoms with Crippen molar-refractivity contribution in [2.24, 2.45) is 5.92 Å². The van der Waals surface area contributed by atoms with Crippen LogP contribution in [0.2, 0.25) is 0 Å².